The van der Waals surface area contributed by atoms with Crippen molar-refractivity contribution in [2.75, 3.05) is 26.3 Å². The van der Waals surface area contributed by atoms with Crippen LogP contribution in [0.2, 0.25) is 0 Å². The highest BCUT2D eigenvalue weighted by Crippen LogP contribution is 2.37. The molecule has 2 fully saturated rings. The molecule has 0 spiro atoms. The Labute approximate surface area is 192 Å². The van der Waals surface area contributed by atoms with E-state index >= 15 is 0 Å². The Bertz CT molecular complexity index is 1190. The Morgan fingerprint density at radius 2 is 1.67 bits per heavy atom. The number of tetrazole rings is 1. The van der Waals surface area contributed by atoms with Gasteiger partial charge in [-0.1, -0.05) is 25.7 Å². The molecular formula is C24H30N6O3. The highest BCUT2D eigenvalue weighted by molar-refractivity contribution is 5.83. The van der Waals surface area contributed by atoms with Crippen LogP contribution in [-0.2, 0) is 0 Å². The fourth-order valence-corrected chi connectivity index (χ4v) is 5.60. The molecule has 1 aliphatic carbocycles. The Hall–Kier alpha value is -2.94. The van der Waals surface area contributed by atoms with Gasteiger partial charge in [-0.15, -0.1) is 5.10 Å². The third kappa shape index (κ3) is 3.88. The molecule has 1 saturated heterocycles. The molecule has 2 aliphatic heterocycles. The van der Waals surface area contributed by atoms with Crippen LogP contribution in [0, 0.1) is 0 Å². The number of aromatic amines is 1. The van der Waals surface area contributed by atoms with E-state index in [-0.39, 0.29) is 11.6 Å². The summed E-state index contributed by atoms with van der Waals surface area (Å²) in [6.45, 7) is 2.91. The van der Waals surface area contributed by atoms with Crippen molar-refractivity contribution in [3.8, 4) is 11.5 Å². The maximum atomic E-state index is 13.4. The lowest BCUT2D eigenvalue weighted by atomic mass is 9.94. The molecule has 1 unspecified atom stereocenters. The lowest BCUT2D eigenvalue weighted by molar-refractivity contribution is 0.171. The SMILES string of the molecule is O=c1[nH]c2cc3c(cc2cc1C(c1nnnn1C1CCCCC1)N1CCCCC1)OCCO3. The van der Waals surface area contributed by atoms with Crippen molar-refractivity contribution in [1.29, 1.82) is 0 Å². The average molecular weight is 451 g/mol. The molecule has 3 aromatic rings. The van der Waals surface area contributed by atoms with E-state index < -0.39 is 0 Å². The van der Waals surface area contributed by atoms with Gasteiger partial charge >= 0.3 is 0 Å². The van der Waals surface area contributed by atoms with E-state index in [1.54, 1.807) is 0 Å². The van der Waals surface area contributed by atoms with Crippen molar-refractivity contribution in [1.82, 2.24) is 30.1 Å². The molecular weight excluding hydrogens is 420 g/mol. The van der Waals surface area contributed by atoms with Gasteiger partial charge in [0, 0.05) is 17.0 Å². The second kappa shape index (κ2) is 8.78. The van der Waals surface area contributed by atoms with E-state index in [1.807, 2.05) is 22.9 Å². The normalized spacial score (nSPS) is 20.7. The molecule has 1 aromatic carbocycles. The summed E-state index contributed by atoms with van der Waals surface area (Å²) in [5, 5.41) is 13.9. The summed E-state index contributed by atoms with van der Waals surface area (Å²) in [5.41, 5.74) is 1.33. The molecule has 0 radical (unpaired) electrons. The van der Waals surface area contributed by atoms with Crippen LogP contribution < -0.4 is 15.0 Å². The van der Waals surface area contributed by atoms with Crippen LogP contribution in [0.1, 0.15) is 74.8 Å². The summed E-state index contributed by atoms with van der Waals surface area (Å²) in [6.07, 6.45) is 9.28. The number of nitrogens with zero attached hydrogens (tertiary/aromatic N) is 5. The number of aromatic nitrogens is 5. The summed E-state index contributed by atoms with van der Waals surface area (Å²) in [5.74, 6) is 2.17. The Morgan fingerprint density at radius 3 is 2.45 bits per heavy atom. The third-order valence-electron chi connectivity index (χ3n) is 7.27. The zero-order valence-electron chi connectivity index (χ0n) is 18.8. The average Bonchev–Trinajstić information content (AvgIpc) is 3.34. The summed E-state index contributed by atoms with van der Waals surface area (Å²) >= 11 is 0. The van der Waals surface area contributed by atoms with Gasteiger partial charge in [-0.25, -0.2) is 4.68 Å². The number of likely N-dealkylation sites (tertiary alicyclic amines) is 1. The van der Waals surface area contributed by atoms with E-state index in [4.69, 9.17) is 9.47 Å². The molecule has 2 aromatic heterocycles. The van der Waals surface area contributed by atoms with Crippen molar-refractivity contribution < 1.29 is 9.47 Å². The van der Waals surface area contributed by atoms with Gasteiger partial charge in [0.25, 0.3) is 5.56 Å². The molecule has 6 rings (SSSR count). The first-order valence-electron chi connectivity index (χ1n) is 12.3. The van der Waals surface area contributed by atoms with Crippen LogP contribution >= 0.6 is 0 Å². The topological polar surface area (TPSA) is 98.2 Å². The van der Waals surface area contributed by atoms with E-state index in [2.05, 4.69) is 25.4 Å². The highest BCUT2D eigenvalue weighted by atomic mass is 16.6. The van der Waals surface area contributed by atoms with E-state index in [1.165, 1.54) is 25.7 Å². The molecule has 3 aliphatic rings. The van der Waals surface area contributed by atoms with E-state index in [0.717, 1.165) is 55.5 Å². The number of hydrogen-bond donors (Lipinski definition) is 1. The molecule has 4 heterocycles. The maximum Gasteiger partial charge on any atom is 0.253 e. The maximum absolute atomic E-state index is 13.4. The minimum atomic E-state index is -0.274. The number of rotatable bonds is 4. The monoisotopic (exact) mass is 450 g/mol. The summed E-state index contributed by atoms with van der Waals surface area (Å²) < 4.78 is 13.5. The molecule has 9 heteroatoms. The van der Waals surface area contributed by atoms with Crippen LogP contribution in [0.3, 0.4) is 0 Å². The molecule has 174 valence electrons. The predicted octanol–water partition coefficient (Wildman–Crippen LogP) is 3.37. The second-order valence-corrected chi connectivity index (χ2v) is 9.41. The molecule has 1 N–H and O–H groups in total. The zero-order valence-corrected chi connectivity index (χ0v) is 18.8. The fourth-order valence-electron chi connectivity index (χ4n) is 5.60. The molecule has 33 heavy (non-hydrogen) atoms. The third-order valence-corrected chi connectivity index (χ3v) is 7.27. The van der Waals surface area contributed by atoms with E-state index in [0.29, 0.717) is 36.3 Å². The quantitative estimate of drug-likeness (QED) is 0.651. The van der Waals surface area contributed by atoms with Gasteiger partial charge in [0.15, 0.2) is 17.3 Å². The predicted molar refractivity (Wildman–Crippen MR) is 123 cm³/mol. The molecule has 1 saturated carbocycles. The summed E-state index contributed by atoms with van der Waals surface area (Å²) in [4.78, 5) is 18.9. The van der Waals surface area contributed by atoms with Crippen LogP contribution in [0.25, 0.3) is 10.9 Å². The van der Waals surface area contributed by atoms with Gasteiger partial charge in [0.05, 0.1) is 11.6 Å². The van der Waals surface area contributed by atoms with E-state index in [9.17, 15) is 4.79 Å². The van der Waals surface area contributed by atoms with Crippen molar-refractivity contribution >= 4 is 10.9 Å². The van der Waals surface area contributed by atoms with Crippen molar-refractivity contribution in [3.63, 3.8) is 0 Å². The number of ether oxygens (including phenoxy) is 2. The summed E-state index contributed by atoms with van der Waals surface area (Å²) in [7, 11) is 0. The first-order valence-corrected chi connectivity index (χ1v) is 12.3. The lowest BCUT2D eigenvalue weighted by Gasteiger charge is -2.34. The zero-order chi connectivity index (χ0) is 22.2. The number of H-pyrrole nitrogens is 1. The van der Waals surface area contributed by atoms with Crippen LogP contribution in [0.5, 0.6) is 11.5 Å². The fraction of sp³-hybridized carbons (Fsp3) is 0.583. The minimum absolute atomic E-state index is 0.104. The largest absolute Gasteiger partial charge is 0.486 e. The lowest BCUT2D eigenvalue weighted by Crippen LogP contribution is -2.39. The van der Waals surface area contributed by atoms with Crippen molar-refractivity contribution in [3.05, 3.63) is 39.9 Å². The number of fused-ring (bicyclic) bond motifs is 2. The van der Waals surface area contributed by atoms with Gasteiger partial charge in [-0.2, -0.15) is 0 Å². The molecule has 9 nitrogen and oxygen atoms in total. The first kappa shape index (κ1) is 20.7. The number of hydrogen-bond acceptors (Lipinski definition) is 7. The number of nitrogens with one attached hydrogen (secondary N) is 1. The first-order chi connectivity index (χ1) is 16.3. The Kier molecular flexibility index (Phi) is 5.49. The number of piperidine rings is 1. The molecule has 1 atom stereocenters. The number of pyridine rings is 1. The van der Waals surface area contributed by atoms with Crippen LogP contribution in [0.4, 0.5) is 0 Å². The standard InChI is InChI=1S/C24H30N6O3/c31-24-18(13-16-14-20-21(15-19(16)25-24)33-12-11-32-20)22(29-9-5-2-6-10-29)23-26-27-28-30(23)17-7-3-1-4-8-17/h13-15,17,22H,1-12H2,(H,25,31). The van der Waals surface area contributed by atoms with Gasteiger partial charge in [-0.3, -0.25) is 9.69 Å². The minimum Gasteiger partial charge on any atom is -0.486 e. The summed E-state index contributed by atoms with van der Waals surface area (Å²) in [6, 6.07) is 5.83. The van der Waals surface area contributed by atoms with Crippen LogP contribution in [-0.4, -0.2) is 56.4 Å². The molecule has 0 amide bonds. The Balaban J connectivity index is 1.47. The smallest absolute Gasteiger partial charge is 0.253 e. The van der Waals surface area contributed by atoms with Crippen LogP contribution in [0.15, 0.2) is 23.0 Å². The highest BCUT2D eigenvalue weighted by Gasteiger charge is 2.33. The van der Waals surface area contributed by atoms with Gasteiger partial charge in [0.1, 0.15) is 19.3 Å². The van der Waals surface area contributed by atoms with Gasteiger partial charge < -0.3 is 14.5 Å². The van der Waals surface area contributed by atoms with Gasteiger partial charge in [0.2, 0.25) is 0 Å². The van der Waals surface area contributed by atoms with Crippen molar-refractivity contribution in [2.24, 2.45) is 0 Å². The molecule has 0 bridgehead atoms. The van der Waals surface area contributed by atoms with Gasteiger partial charge in [-0.05, 0) is 61.3 Å². The second-order valence-electron chi connectivity index (χ2n) is 9.41. The number of benzene rings is 1. The van der Waals surface area contributed by atoms with Crippen molar-refractivity contribution in [2.45, 2.75) is 63.5 Å². The Morgan fingerprint density at radius 1 is 0.939 bits per heavy atom.